The molecule has 6 nitrogen and oxygen atoms in total. The molecule has 140 valence electrons. The SMILES string of the molecule is CCOc1ccc(C(=O)N/N=C(/C)c2ccc(NC(=O)C3CC3)cc2)cc1. The lowest BCUT2D eigenvalue weighted by Crippen LogP contribution is -2.19. The summed E-state index contributed by atoms with van der Waals surface area (Å²) in [5, 5.41) is 7.05. The van der Waals surface area contributed by atoms with E-state index in [2.05, 4.69) is 15.8 Å². The third-order valence-corrected chi connectivity index (χ3v) is 4.27. The quantitative estimate of drug-likeness (QED) is 0.581. The van der Waals surface area contributed by atoms with Gasteiger partial charge in [0, 0.05) is 17.2 Å². The van der Waals surface area contributed by atoms with Gasteiger partial charge in [0.15, 0.2) is 0 Å². The number of carbonyl (C=O) groups excluding carboxylic acids is 2. The molecule has 3 rings (SSSR count). The van der Waals surface area contributed by atoms with Crippen LogP contribution in [0.3, 0.4) is 0 Å². The van der Waals surface area contributed by atoms with Gasteiger partial charge in [-0.25, -0.2) is 5.43 Å². The lowest BCUT2D eigenvalue weighted by molar-refractivity contribution is -0.117. The number of nitrogens with one attached hydrogen (secondary N) is 2. The molecule has 1 aliphatic carbocycles. The molecule has 0 radical (unpaired) electrons. The Bertz CT molecular complexity index is 838. The van der Waals surface area contributed by atoms with Gasteiger partial charge in [-0.3, -0.25) is 9.59 Å². The Morgan fingerprint density at radius 3 is 2.26 bits per heavy atom. The van der Waals surface area contributed by atoms with Gasteiger partial charge in [0.25, 0.3) is 5.91 Å². The predicted octanol–water partition coefficient (Wildman–Crippen LogP) is 3.59. The fourth-order valence-corrected chi connectivity index (χ4v) is 2.52. The van der Waals surface area contributed by atoms with Gasteiger partial charge in [-0.1, -0.05) is 12.1 Å². The van der Waals surface area contributed by atoms with E-state index in [9.17, 15) is 9.59 Å². The first-order valence-corrected chi connectivity index (χ1v) is 9.05. The van der Waals surface area contributed by atoms with Crippen molar-refractivity contribution < 1.29 is 14.3 Å². The second kappa shape index (κ2) is 8.49. The number of amides is 2. The van der Waals surface area contributed by atoms with Gasteiger partial charge in [0.1, 0.15) is 5.75 Å². The van der Waals surface area contributed by atoms with Crippen LogP contribution in [0.4, 0.5) is 5.69 Å². The molecule has 2 aromatic rings. The van der Waals surface area contributed by atoms with E-state index >= 15 is 0 Å². The van der Waals surface area contributed by atoms with E-state index < -0.39 is 0 Å². The highest BCUT2D eigenvalue weighted by Crippen LogP contribution is 2.30. The van der Waals surface area contributed by atoms with Crippen molar-refractivity contribution in [2.45, 2.75) is 26.7 Å². The van der Waals surface area contributed by atoms with Gasteiger partial charge in [-0.2, -0.15) is 5.10 Å². The van der Waals surface area contributed by atoms with Crippen LogP contribution in [0.25, 0.3) is 0 Å². The van der Waals surface area contributed by atoms with Crippen molar-refractivity contribution in [3.63, 3.8) is 0 Å². The smallest absolute Gasteiger partial charge is 0.271 e. The van der Waals surface area contributed by atoms with Gasteiger partial charge in [-0.15, -0.1) is 0 Å². The van der Waals surface area contributed by atoms with Crippen molar-refractivity contribution in [2.24, 2.45) is 11.0 Å². The number of rotatable bonds is 7. The number of anilines is 1. The van der Waals surface area contributed by atoms with Crippen molar-refractivity contribution in [1.29, 1.82) is 0 Å². The summed E-state index contributed by atoms with van der Waals surface area (Å²) in [6.45, 7) is 4.31. The monoisotopic (exact) mass is 365 g/mol. The minimum Gasteiger partial charge on any atom is -0.494 e. The first-order valence-electron chi connectivity index (χ1n) is 9.05. The fraction of sp³-hybridized carbons (Fsp3) is 0.286. The van der Waals surface area contributed by atoms with Crippen LogP contribution in [0.1, 0.15) is 42.6 Å². The van der Waals surface area contributed by atoms with Gasteiger partial charge < -0.3 is 10.1 Å². The van der Waals surface area contributed by atoms with Crippen LogP contribution >= 0.6 is 0 Å². The molecule has 1 fully saturated rings. The standard InChI is InChI=1S/C21H23N3O3/c1-3-27-19-12-8-17(9-13-19)21(26)24-23-14(2)15-6-10-18(11-7-15)22-20(25)16-4-5-16/h6-13,16H,3-5H2,1-2H3,(H,22,25)(H,24,26)/b23-14-. The molecular formula is C21H23N3O3. The highest BCUT2D eigenvalue weighted by molar-refractivity contribution is 6.01. The van der Waals surface area contributed by atoms with E-state index in [1.165, 1.54) is 0 Å². The maximum absolute atomic E-state index is 12.2. The zero-order valence-corrected chi connectivity index (χ0v) is 15.5. The molecule has 0 saturated heterocycles. The molecule has 0 unspecified atom stereocenters. The first-order chi connectivity index (χ1) is 13.1. The average Bonchev–Trinajstić information content (AvgIpc) is 3.53. The van der Waals surface area contributed by atoms with E-state index in [0.717, 1.165) is 29.8 Å². The third-order valence-electron chi connectivity index (χ3n) is 4.27. The number of carbonyl (C=O) groups is 2. The van der Waals surface area contributed by atoms with Crippen molar-refractivity contribution in [1.82, 2.24) is 5.43 Å². The zero-order valence-electron chi connectivity index (χ0n) is 15.5. The fourth-order valence-electron chi connectivity index (χ4n) is 2.52. The van der Waals surface area contributed by atoms with Crippen molar-refractivity contribution >= 4 is 23.2 Å². The van der Waals surface area contributed by atoms with Crippen molar-refractivity contribution in [3.8, 4) is 5.75 Å². The van der Waals surface area contributed by atoms with Gasteiger partial charge in [0.05, 0.1) is 12.3 Å². The van der Waals surface area contributed by atoms with Crippen LogP contribution in [-0.2, 0) is 4.79 Å². The number of benzene rings is 2. The molecule has 0 aromatic heterocycles. The van der Waals surface area contributed by atoms with Gasteiger partial charge in [0.2, 0.25) is 5.91 Å². The molecule has 2 amide bonds. The Kier molecular flexibility index (Phi) is 5.86. The molecule has 0 bridgehead atoms. The minimum atomic E-state index is -0.286. The van der Waals surface area contributed by atoms with Gasteiger partial charge >= 0.3 is 0 Å². The van der Waals surface area contributed by atoms with Crippen LogP contribution in [0.5, 0.6) is 5.75 Å². The third kappa shape index (κ3) is 5.17. The topological polar surface area (TPSA) is 79.8 Å². The molecule has 0 atom stereocenters. The molecule has 27 heavy (non-hydrogen) atoms. The summed E-state index contributed by atoms with van der Waals surface area (Å²) in [4.78, 5) is 24.0. The number of ether oxygens (including phenoxy) is 1. The van der Waals surface area contributed by atoms with Crippen LogP contribution < -0.4 is 15.5 Å². The normalized spacial score (nSPS) is 13.8. The van der Waals surface area contributed by atoms with E-state index in [4.69, 9.17) is 4.74 Å². The number of nitrogens with zero attached hydrogens (tertiary/aromatic N) is 1. The molecule has 2 N–H and O–H groups in total. The highest BCUT2D eigenvalue weighted by atomic mass is 16.5. The summed E-state index contributed by atoms with van der Waals surface area (Å²) in [5.74, 6) is 0.690. The molecule has 1 aliphatic rings. The summed E-state index contributed by atoms with van der Waals surface area (Å²) < 4.78 is 5.36. The van der Waals surface area contributed by atoms with E-state index in [1.54, 1.807) is 24.3 Å². The van der Waals surface area contributed by atoms with E-state index in [1.807, 2.05) is 38.1 Å². The minimum absolute atomic E-state index is 0.0794. The Morgan fingerprint density at radius 2 is 1.67 bits per heavy atom. The van der Waals surface area contributed by atoms with Gasteiger partial charge in [-0.05, 0) is 68.7 Å². The molecule has 6 heteroatoms. The highest BCUT2D eigenvalue weighted by Gasteiger charge is 2.29. The predicted molar refractivity (Wildman–Crippen MR) is 105 cm³/mol. The first kappa shape index (κ1) is 18.6. The second-order valence-electron chi connectivity index (χ2n) is 6.44. The number of hydrogen-bond acceptors (Lipinski definition) is 4. The van der Waals surface area contributed by atoms with E-state index in [0.29, 0.717) is 17.9 Å². The van der Waals surface area contributed by atoms with Crippen LogP contribution in [0, 0.1) is 5.92 Å². The lowest BCUT2D eigenvalue weighted by Gasteiger charge is -2.07. The number of hydrazone groups is 1. The maximum atomic E-state index is 12.2. The summed E-state index contributed by atoms with van der Waals surface area (Å²) in [7, 11) is 0. The lowest BCUT2D eigenvalue weighted by atomic mass is 10.1. The Balaban J connectivity index is 1.57. The van der Waals surface area contributed by atoms with Crippen molar-refractivity contribution in [3.05, 3.63) is 59.7 Å². The summed E-state index contributed by atoms with van der Waals surface area (Å²) in [6, 6.07) is 14.3. The molecular weight excluding hydrogens is 342 g/mol. The molecule has 0 heterocycles. The zero-order chi connectivity index (χ0) is 19.2. The van der Waals surface area contributed by atoms with Crippen LogP contribution in [-0.4, -0.2) is 24.1 Å². The summed E-state index contributed by atoms with van der Waals surface area (Å²) in [6.07, 6.45) is 1.95. The Labute approximate surface area is 158 Å². The second-order valence-corrected chi connectivity index (χ2v) is 6.44. The Morgan fingerprint density at radius 1 is 1.04 bits per heavy atom. The molecule has 1 saturated carbocycles. The van der Waals surface area contributed by atoms with E-state index in [-0.39, 0.29) is 17.7 Å². The molecule has 2 aromatic carbocycles. The maximum Gasteiger partial charge on any atom is 0.271 e. The molecule has 0 aliphatic heterocycles. The summed E-state index contributed by atoms with van der Waals surface area (Å²) >= 11 is 0. The molecule has 0 spiro atoms. The average molecular weight is 365 g/mol. The Hall–Kier alpha value is -3.15. The largest absolute Gasteiger partial charge is 0.494 e. The van der Waals surface area contributed by atoms with Crippen molar-refractivity contribution in [2.75, 3.05) is 11.9 Å². The van der Waals surface area contributed by atoms with Crippen LogP contribution in [0.2, 0.25) is 0 Å². The number of hydrogen-bond donors (Lipinski definition) is 2. The summed E-state index contributed by atoms with van der Waals surface area (Å²) in [5.41, 5.74) is 5.37. The van der Waals surface area contributed by atoms with Crippen LogP contribution in [0.15, 0.2) is 53.6 Å².